The molecule has 1 aliphatic rings. The molecule has 0 aromatic heterocycles. The van der Waals surface area contributed by atoms with Gasteiger partial charge in [0.05, 0.1) is 37.1 Å². The Kier molecular flexibility index (Phi) is 15.4. The molecule has 1 aliphatic heterocycles. The van der Waals surface area contributed by atoms with Crippen molar-refractivity contribution in [3.8, 4) is 22.6 Å². The standard InChI is InChI=1S/C39H48O9/c1-3-44-37(40)29(2)47-38(41)32-15-13-30(14-16-32)31-17-23-35(24-18-31)48-39(42)33-19-21-34(22-20-33)45-27-10-7-5-4-6-9-25-43-26-11-8-12-36-28-46-36/h13-24,29,36H,3-12,25-28H2,1-2H3. The van der Waals surface area contributed by atoms with Crippen LogP contribution in [-0.2, 0) is 23.7 Å². The summed E-state index contributed by atoms with van der Waals surface area (Å²) in [6, 6.07) is 20.9. The van der Waals surface area contributed by atoms with Crippen molar-refractivity contribution in [2.75, 3.05) is 33.0 Å². The zero-order chi connectivity index (χ0) is 34.0. The highest BCUT2D eigenvalue weighted by Crippen LogP contribution is 2.24. The molecular weight excluding hydrogens is 612 g/mol. The Morgan fingerprint density at radius 3 is 1.83 bits per heavy atom. The van der Waals surface area contributed by atoms with Crippen LogP contribution in [0.4, 0.5) is 0 Å². The lowest BCUT2D eigenvalue weighted by molar-refractivity contribution is -0.152. The van der Waals surface area contributed by atoms with Gasteiger partial charge in [0.2, 0.25) is 0 Å². The van der Waals surface area contributed by atoms with Gasteiger partial charge >= 0.3 is 17.9 Å². The smallest absolute Gasteiger partial charge is 0.347 e. The molecule has 1 fully saturated rings. The van der Waals surface area contributed by atoms with Gasteiger partial charge < -0.3 is 28.4 Å². The molecule has 0 spiro atoms. The lowest BCUT2D eigenvalue weighted by atomic mass is 10.0. The second kappa shape index (κ2) is 20.2. The van der Waals surface area contributed by atoms with E-state index < -0.39 is 24.0 Å². The number of hydrogen-bond donors (Lipinski definition) is 0. The zero-order valence-electron chi connectivity index (χ0n) is 28.2. The Hall–Kier alpha value is -4.21. The number of rotatable bonds is 22. The number of ether oxygens (including phenoxy) is 6. The Balaban J connectivity index is 1.08. The zero-order valence-corrected chi connectivity index (χ0v) is 28.2. The van der Waals surface area contributed by atoms with Gasteiger partial charge in [0.1, 0.15) is 11.5 Å². The van der Waals surface area contributed by atoms with Crippen molar-refractivity contribution in [1.82, 2.24) is 0 Å². The third-order valence-corrected chi connectivity index (χ3v) is 7.93. The van der Waals surface area contributed by atoms with Crippen LogP contribution in [0.3, 0.4) is 0 Å². The third kappa shape index (κ3) is 13.1. The molecular formula is C39H48O9. The summed E-state index contributed by atoms with van der Waals surface area (Å²) in [6.07, 6.45) is 9.91. The van der Waals surface area contributed by atoms with E-state index >= 15 is 0 Å². The second-order valence-corrected chi connectivity index (χ2v) is 11.8. The molecule has 0 radical (unpaired) electrons. The Morgan fingerprint density at radius 2 is 1.21 bits per heavy atom. The maximum Gasteiger partial charge on any atom is 0.347 e. The normalized spacial score (nSPS) is 14.2. The molecule has 0 N–H and O–H groups in total. The molecule has 0 bridgehead atoms. The van der Waals surface area contributed by atoms with E-state index in [9.17, 15) is 14.4 Å². The molecule has 0 saturated carbocycles. The van der Waals surface area contributed by atoms with Crippen LogP contribution in [-0.4, -0.2) is 63.2 Å². The summed E-state index contributed by atoms with van der Waals surface area (Å²) in [4.78, 5) is 36.8. The summed E-state index contributed by atoms with van der Waals surface area (Å²) >= 11 is 0. The summed E-state index contributed by atoms with van der Waals surface area (Å²) in [7, 11) is 0. The number of esters is 3. The topological polar surface area (TPSA) is 110 Å². The average Bonchev–Trinajstić information content (AvgIpc) is 3.94. The quantitative estimate of drug-likeness (QED) is 0.0458. The fourth-order valence-corrected chi connectivity index (χ4v) is 5.02. The van der Waals surface area contributed by atoms with Gasteiger partial charge in [-0.05, 0) is 106 Å². The molecule has 258 valence electrons. The molecule has 9 heteroatoms. The van der Waals surface area contributed by atoms with Crippen LogP contribution in [0.2, 0.25) is 0 Å². The molecule has 48 heavy (non-hydrogen) atoms. The van der Waals surface area contributed by atoms with E-state index in [1.165, 1.54) is 39.0 Å². The molecule has 1 heterocycles. The molecule has 9 nitrogen and oxygen atoms in total. The number of carbonyl (C=O) groups is 3. The van der Waals surface area contributed by atoms with Crippen molar-refractivity contribution in [1.29, 1.82) is 0 Å². The van der Waals surface area contributed by atoms with Gasteiger partial charge in [0.25, 0.3) is 0 Å². The fourth-order valence-electron chi connectivity index (χ4n) is 5.02. The van der Waals surface area contributed by atoms with Gasteiger partial charge in [-0.3, -0.25) is 0 Å². The Bertz CT molecular complexity index is 1400. The summed E-state index contributed by atoms with van der Waals surface area (Å²) in [6.45, 7) is 6.70. The van der Waals surface area contributed by atoms with E-state index in [-0.39, 0.29) is 6.61 Å². The first-order valence-electron chi connectivity index (χ1n) is 17.2. The van der Waals surface area contributed by atoms with E-state index in [1.54, 1.807) is 67.6 Å². The first kappa shape index (κ1) is 36.6. The van der Waals surface area contributed by atoms with E-state index in [2.05, 4.69) is 0 Å². The predicted octanol–water partition coefficient (Wildman–Crippen LogP) is 7.99. The summed E-state index contributed by atoms with van der Waals surface area (Å²) < 4.78 is 32.4. The lowest BCUT2D eigenvalue weighted by Crippen LogP contribution is -2.26. The van der Waals surface area contributed by atoms with Crippen molar-refractivity contribution in [2.45, 2.75) is 83.8 Å². The van der Waals surface area contributed by atoms with Crippen molar-refractivity contribution in [3.63, 3.8) is 0 Å². The maximum absolute atomic E-state index is 12.7. The van der Waals surface area contributed by atoms with Crippen LogP contribution < -0.4 is 9.47 Å². The van der Waals surface area contributed by atoms with Crippen LogP contribution in [0.1, 0.15) is 92.4 Å². The highest BCUT2D eigenvalue weighted by atomic mass is 16.6. The SMILES string of the molecule is CCOC(=O)C(C)OC(=O)c1ccc(-c2ccc(OC(=O)c3ccc(OCCCCCCCCOCCCCC4CO4)cc3)cc2)cc1. The van der Waals surface area contributed by atoms with Crippen LogP contribution in [0, 0.1) is 0 Å². The number of epoxide rings is 1. The molecule has 0 aliphatic carbocycles. The monoisotopic (exact) mass is 660 g/mol. The Labute approximate surface area is 283 Å². The highest BCUT2D eigenvalue weighted by Gasteiger charge is 2.21. The molecule has 0 amide bonds. The van der Waals surface area contributed by atoms with Crippen LogP contribution >= 0.6 is 0 Å². The van der Waals surface area contributed by atoms with E-state index in [1.807, 2.05) is 12.1 Å². The molecule has 3 aromatic rings. The third-order valence-electron chi connectivity index (χ3n) is 7.93. The summed E-state index contributed by atoms with van der Waals surface area (Å²) in [5, 5.41) is 0. The van der Waals surface area contributed by atoms with Gasteiger partial charge in [-0.15, -0.1) is 0 Å². The second-order valence-electron chi connectivity index (χ2n) is 11.8. The number of carbonyl (C=O) groups excluding carboxylic acids is 3. The van der Waals surface area contributed by atoms with E-state index in [0.717, 1.165) is 62.4 Å². The van der Waals surface area contributed by atoms with E-state index in [4.69, 9.17) is 28.4 Å². The first-order valence-corrected chi connectivity index (χ1v) is 17.2. The molecule has 2 atom stereocenters. The van der Waals surface area contributed by atoms with Gasteiger partial charge in [-0.25, -0.2) is 14.4 Å². The minimum Gasteiger partial charge on any atom is -0.494 e. The van der Waals surface area contributed by atoms with Crippen LogP contribution in [0.25, 0.3) is 11.1 Å². The number of hydrogen-bond acceptors (Lipinski definition) is 9. The fraction of sp³-hybridized carbons (Fsp3) is 0.462. The summed E-state index contributed by atoms with van der Waals surface area (Å²) in [5.74, 6) is -0.506. The predicted molar refractivity (Wildman–Crippen MR) is 182 cm³/mol. The van der Waals surface area contributed by atoms with Gasteiger partial charge in [-0.1, -0.05) is 49.9 Å². The minimum absolute atomic E-state index is 0.215. The minimum atomic E-state index is -0.988. The van der Waals surface area contributed by atoms with Crippen molar-refractivity contribution < 1.29 is 42.8 Å². The molecule has 3 aromatic carbocycles. The lowest BCUT2D eigenvalue weighted by Gasteiger charge is -2.12. The van der Waals surface area contributed by atoms with Gasteiger partial charge in [-0.2, -0.15) is 0 Å². The molecule has 1 saturated heterocycles. The first-order chi connectivity index (χ1) is 23.4. The summed E-state index contributed by atoms with van der Waals surface area (Å²) in [5.41, 5.74) is 2.49. The average molecular weight is 661 g/mol. The number of unbranched alkanes of at least 4 members (excludes halogenated alkanes) is 6. The molecule has 2 unspecified atom stereocenters. The van der Waals surface area contributed by atoms with Crippen LogP contribution in [0.15, 0.2) is 72.8 Å². The Morgan fingerprint density at radius 1 is 0.688 bits per heavy atom. The maximum atomic E-state index is 12.7. The van der Waals surface area contributed by atoms with E-state index in [0.29, 0.717) is 29.6 Å². The van der Waals surface area contributed by atoms with Gasteiger partial charge in [0, 0.05) is 13.2 Å². The van der Waals surface area contributed by atoms with Crippen molar-refractivity contribution in [2.24, 2.45) is 0 Å². The molecule has 4 rings (SSSR count). The van der Waals surface area contributed by atoms with Crippen molar-refractivity contribution in [3.05, 3.63) is 83.9 Å². The highest BCUT2D eigenvalue weighted by molar-refractivity contribution is 5.92. The largest absolute Gasteiger partial charge is 0.494 e. The number of benzene rings is 3. The van der Waals surface area contributed by atoms with Crippen LogP contribution in [0.5, 0.6) is 11.5 Å². The van der Waals surface area contributed by atoms with Gasteiger partial charge in [0.15, 0.2) is 6.10 Å². The van der Waals surface area contributed by atoms with Crippen molar-refractivity contribution >= 4 is 17.9 Å².